The zero-order valence-corrected chi connectivity index (χ0v) is 5.57. The van der Waals surface area contributed by atoms with Crippen molar-refractivity contribution in [1.29, 1.82) is 0 Å². The summed E-state index contributed by atoms with van der Waals surface area (Å²) < 4.78 is 0. The van der Waals surface area contributed by atoms with Crippen LogP contribution in [-0.4, -0.2) is 12.6 Å². The second-order valence-electron chi connectivity index (χ2n) is 2.06. The van der Waals surface area contributed by atoms with E-state index in [2.05, 4.69) is 11.9 Å². The normalized spacial score (nSPS) is 12.9. The highest BCUT2D eigenvalue weighted by atomic mass is 14.9. The third-order valence-corrected chi connectivity index (χ3v) is 0.846. The van der Waals surface area contributed by atoms with Crippen LogP contribution in [0.15, 0.2) is 12.3 Å². The molecular formula is C6H14N2. The van der Waals surface area contributed by atoms with E-state index in [-0.39, 0.29) is 0 Å². The van der Waals surface area contributed by atoms with Crippen molar-refractivity contribution in [2.45, 2.75) is 19.9 Å². The Morgan fingerprint density at radius 1 is 1.88 bits per heavy atom. The van der Waals surface area contributed by atoms with Crippen molar-refractivity contribution in [3.8, 4) is 0 Å². The lowest BCUT2D eigenvalue weighted by Gasteiger charge is -2.10. The first-order valence-electron chi connectivity index (χ1n) is 2.79. The van der Waals surface area contributed by atoms with Crippen molar-refractivity contribution in [1.82, 2.24) is 5.32 Å². The van der Waals surface area contributed by atoms with Gasteiger partial charge >= 0.3 is 0 Å². The van der Waals surface area contributed by atoms with Crippen LogP contribution in [0.4, 0.5) is 0 Å². The summed E-state index contributed by atoms with van der Waals surface area (Å²) in [7, 11) is 0. The van der Waals surface area contributed by atoms with E-state index in [1.807, 2.05) is 13.8 Å². The van der Waals surface area contributed by atoms with Crippen LogP contribution in [0.3, 0.4) is 0 Å². The SMILES string of the molecule is C=C(C)N[C@@H](C)CN. The van der Waals surface area contributed by atoms with Gasteiger partial charge < -0.3 is 11.1 Å². The third kappa shape index (κ3) is 3.68. The molecule has 0 heterocycles. The van der Waals surface area contributed by atoms with E-state index in [9.17, 15) is 0 Å². The zero-order valence-electron chi connectivity index (χ0n) is 5.57. The predicted molar refractivity (Wildman–Crippen MR) is 36.5 cm³/mol. The van der Waals surface area contributed by atoms with Gasteiger partial charge in [0, 0.05) is 18.3 Å². The predicted octanol–water partition coefficient (Wildman–Crippen LogP) is 0.457. The van der Waals surface area contributed by atoms with Crippen molar-refractivity contribution in [2.75, 3.05) is 6.54 Å². The molecule has 0 aromatic rings. The molecular weight excluding hydrogens is 100 g/mol. The standard InChI is InChI=1S/C6H14N2/c1-5(2)8-6(3)4-7/h6,8H,1,4,7H2,2-3H3/t6-/m0/s1. The Labute approximate surface area is 50.8 Å². The third-order valence-electron chi connectivity index (χ3n) is 0.846. The first kappa shape index (κ1) is 7.50. The molecule has 0 spiro atoms. The van der Waals surface area contributed by atoms with Crippen LogP contribution in [0, 0.1) is 0 Å². The van der Waals surface area contributed by atoms with Gasteiger partial charge in [0.1, 0.15) is 0 Å². The highest BCUT2D eigenvalue weighted by Gasteiger charge is 1.92. The lowest BCUT2D eigenvalue weighted by Crippen LogP contribution is -2.31. The summed E-state index contributed by atoms with van der Waals surface area (Å²) in [5, 5.41) is 3.07. The number of hydrogen-bond acceptors (Lipinski definition) is 2. The Hall–Kier alpha value is -0.500. The molecule has 0 saturated carbocycles. The van der Waals surface area contributed by atoms with Gasteiger partial charge in [0.2, 0.25) is 0 Å². The number of nitrogens with one attached hydrogen (secondary N) is 1. The maximum Gasteiger partial charge on any atom is 0.0352 e. The van der Waals surface area contributed by atoms with Gasteiger partial charge in [-0.1, -0.05) is 6.58 Å². The monoisotopic (exact) mass is 114 g/mol. The van der Waals surface area contributed by atoms with Crippen molar-refractivity contribution in [3.05, 3.63) is 12.3 Å². The van der Waals surface area contributed by atoms with Gasteiger partial charge in [0.25, 0.3) is 0 Å². The van der Waals surface area contributed by atoms with Gasteiger partial charge in [-0.15, -0.1) is 0 Å². The molecule has 48 valence electrons. The summed E-state index contributed by atoms with van der Waals surface area (Å²) in [6, 6.07) is 0.354. The van der Waals surface area contributed by atoms with Crippen LogP contribution in [-0.2, 0) is 0 Å². The minimum Gasteiger partial charge on any atom is -0.385 e. The van der Waals surface area contributed by atoms with Crippen molar-refractivity contribution in [2.24, 2.45) is 5.73 Å². The molecule has 1 atom stereocenters. The molecule has 0 unspecified atom stereocenters. The maximum atomic E-state index is 5.32. The lowest BCUT2D eigenvalue weighted by molar-refractivity contribution is 0.625. The molecule has 0 aromatic heterocycles. The molecule has 8 heavy (non-hydrogen) atoms. The lowest BCUT2D eigenvalue weighted by atomic mass is 10.3. The summed E-state index contributed by atoms with van der Waals surface area (Å²) >= 11 is 0. The number of hydrogen-bond donors (Lipinski definition) is 2. The molecule has 0 aliphatic heterocycles. The Morgan fingerprint density at radius 2 is 2.38 bits per heavy atom. The summed E-state index contributed by atoms with van der Waals surface area (Å²) in [6.07, 6.45) is 0. The summed E-state index contributed by atoms with van der Waals surface area (Å²) in [5.41, 5.74) is 6.29. The Bertz CT molecular complexity index is 78.6. The highest BCUT2D eigenvalue weighted by molar-refractivity contribution is 4.87. The molecule has 0 saturated heterocycles. The molecule has 3 N–H and O–H groups in total. The first-order chi connectivity index (χ1) is 3.66. The molecule has 0 aromatic carbocycles. The van der Waals surface area contributed by atoms with Crippen LogP contribution in [0.1, 0.15) is 13.8 Å². The van der Waals surface area contributed by atoms with E-state index in [1.54, 1.807) is 0 Å². The van der Waals surface area contributed by atoms with Gasteiger partial charge in [-0.2, -0.15) is 0 Å². The van der Waals surface area contributed by atoms with Crippen LogP contribution < -0.4 is 11.1 Å². The first-order valence-corrected chi connectivity index (χ1v) is 2.79. The van der Waals surface area contributed by atoms with Crippen molar-refractivity contribution in [3.63, 3.8) is 0 Å². The largest absolute Gasteiger partial charge is 0.385 e. The summed E-state index contributed by atoms with van der Waals surface area (Å²) in [4.78, 5) is 0. The van der Waals surface area contributed by atoms with Crippen LogP contribution in [0.5, 0.6) is 0 Å². The van der Waals surface area contributed by atoms with Gasteiger partial charge in [-0.25, -0.2) is 0 Å². The quantitative estimate of drug-likeness (QED) is 0.559. The molecule has 0 radical (unpaired) electrons. The second kappa shape index (κ2) is 3.50. The smallest absolute Gasteiger partial charge is 0.0352 e. The molecule has 0 bridgehead atoms. The van der Waals surface area contributed by atoms with Gasteiger partial charge in [-0.05, 0) is 13.8 Å². The van der Waals surface area contributed by atoms with E-state index >= 15 is 0 Å². The summed E-state index contributed by atoms with van der Waals surface area (Å²) in [5.74, 6) is 0. The van der Waals surface area contributed by atoms with E-state index in [0.29, 0.717) is 12.6 Å². The fourth-order valence-corrected chi connectivity index (χ4v) is 0.480. The van der Waals surface area contributed by atoms with Crippen molar-refractivity contribution >= 4 is 0 Å². The van der Waals surface area contributed by atoms with Gasteiger partial charge in [0.15, 0.2) is 0 Å². The fourth-order valence-electron chi connectivity index (χ4n) is 0.480. The molecule has 2 nitrogen and oxygen atoms in total. The van der Waals surface area contributed by atoms with Crippen LogP contribution in [0.2, 0.25) is 0 Å². The zero-order chi connectivity index (χ0) is 6.57. The number of nitrogens with two attached hydrogens (primary N) is 1. The number of allylic oxidation sites excluding steroid dienone is 1. The maximum absolute atomic E-state index is 5.32. The molecule has 0 aliphatic rings. The van der Waals surface area contributed by atoms with Crippen molar-refractivity contribution < 1.29 is 0 Å². The molecule has 0 fully saturated rings. The molecule has 0 amide bonds. The second-order valence-corrected chi connectivity index (χ2v) is 2.06. The number of rotatable bonds is 3. The van der Waals surface area contributed by atoms with E-state index in [0.717, 1.165) is 5.70 Å². The average molecular weight is 114 g/mol. The minimum atomic E-state index is 0.354. The van der Waals surface area contributed by atoms with Gasteiger partial charge in [0.05, 0.1) is 0 Å². The molecule has 0 rings (SSSR count). The van der Waals surface area contributed by atoms with E-state index in [4.69, 9.17) is 5.73 Å². The average Bonchev–Trinajstić information content (AvgIpc) is 1.65. The Kier molecular flexibility index (Phi) is 3.28. The molecule has 2 heteroatoms. The topological polar surface area (TPSA) is 38.0 Å². The molecule has 0 aliphatic carbocycles. The Balaban J connectivity index is 3.24. The van der Waals surface area contributed by atoms with Gasteiger partial charge in [-0.3, -0.25) is 0 Å². The van der Waals surface area contributed by atoms with E-state index < -0.39 is 0 Å². The highest BCUT2D eigenvalue weighted by Crippen LogP contribution is 1.82. The minimum absolute atomic E-state index is 0.354. The van der Waals surface area contributed by atoms with Crippen LogP contribution in [0.25, 0.3) is 0 Å². The van der Waals surface area contributed by atoms with Crippen LogP contribution >= 0.6 is 0 Å². The Morgan fingerprint density at radius 3 is 2.50 bits per heavy atom. The van der Waals surface area contributed by atoms with E-state index in [1.165, 1.54) is 0 Å². The summed E-state index contributed by atoms with van der Waals surface area (Å²) in [6.45, 7) is 8.28. The fraction of sp³-hybridized carbons (Fsp3) is 0.667.